The van der Waals surface area contributed by atoms with Crippen molar-refractivity contribution in [2.75, 3.05) is 11.9 Å². The van der Waals surface area contributed by atoms with Crippen LogP contribution in [0.4, 0.5) is 5.69 Å². The molecule has 0 aromatic heterocycles. The van der Waals surface area contributed by atoms with Crippen molar-refractivity contribution in [3.63, 3.8) is 0 Å². The summed E-state index contributed by atoms with van der Waals surface area (Å²) in [6.07, 6.45) is 1.16. The van der Waals surface area contributed by atoms with Gasteiger partial charge in [0.05, 0.1) is 23.2 Å². The van der Waals surface area contributed by atoms with Crippen LogP contribution in [0.5, 0.6) is 0 Å². The third-order valence-electron chi connectivity index (χ3n) is 5.71. The first-order valence-corrected chi connectivity index (χ1v) is 11.5. The van der Waals surface area contributed by atoms with E-state index >= 15 is 0 Å². The van der Waals surface area contributed by atoms with Gasteiger partial charge >= 0.3 is 5.97 Å². The van der Waals surface area contributed by atoms with E-state index in [-0.39, 0.29) is 35.6 Å². The monoisotopic (exact) mass is 484 g/mol. The van der Waals surface area contributed by atoms with Gasteiger partial charge in [-0.05, 0) is 60.5 Å². The van der Waals surface area contributed by atoms with Crippen LogP contribution in [0.2, 0.25) is 0 Å². The average molecular weight is 485 g/mol. The highest BCUT2D eigenvalue weighted by atomic mass is 16.5. The standard InChI is InChI=1S/C28H24N2O6/c1-2-5-25(32)29-21-14-12-19(13-15-21)24(31)17-36-28(35)20-10-8-18(9-11-20)16-30-26(33)22-6-3-4-7-23(22)27(30)34/h3-4,6-15H,2,5,16-17H2,1H3,(H,29,32). The Morgan fingerprint density at radius 2 is 1.39 bits per heavy atom. The van der Waals surface area contributed by atoms with Crippen molar-refractivity contribution in [1.82, 2.24) is 4.90 Å². The smallest absolute Gasteiger partial charge is 0.338 e. The summed E-state index contributed by atoms with van der Waals surface area (Å²) in [5.74, 6) is -1.85. The van der Waals surface area contributed by atoms with Gasteiger partial charge in [-0.25, -0.2) is 4.79 Å². The van der Waals surface area contributed by atoms with E-state index < -0.39 is 12.6 Å². The minimum Gasteiger partial charge on any atom is -0.454 e. The SMILES string of the molecule is CCCC(=O)Nc1ccc(C(=O)COC(=O)c2ccc(CN3C(=O)c4ccccc4C3=O)cc2)cc1. The van der Waals surface area contributed by atoms with Gasteiger partial charge in [0, 0.05) is 17.7 Å². The molecule has 182 valence electrons. The first-order chi connectivity index (χ1) is 17.4. The van der Waals surface area contributed by atoms with Crippen LogP contribution in [0.15, 0.2) is 72.8 Å². The van der Waals surface area contributed by atoms with Gasteiger partial charge in [-0.15, -0.1) is 0 Å². The van der Waals surface area contributed by atoms with Crippen LogP contribution in [0, 0.1) is 0 Å². The summed E-state index contributed by atoms with van der Waals surface area (Å²) in [5.41, 5.74) is 2.61. The minimum atomic E-state index is -0.668. The number of carbonyl (C=O) groups excluding carboxylic acids is 5. The van der Waals surface area contributed by atoms with Gasteiger partial charge in [0.15, 0.2) is 12.4 Å². The van der Waals surface area contributed by atoms with E-state index in [1.165, 1.54) is 12.1 Å². The third-order valence-corrected chi connectivity index (χ3v) is 5.71. The van der Waals surface area contributed by atoms with Crippen LogP contribution in [0.3, 0.4) is 0 Å². The molecule has 8 nitrogen and oxygen atoms in total. The maximum absolute atomic E-state index is 12.5. The molecule has 0 aliphatic carbocycles. The Morgan fingerprint density at radius 1 is 0.806 bits per heavy atom. The lowest BCUT2D eigenvalue weighted by Gasteiger charge is -2.14. The number of rotatable bonds is 9. The molecule has 0 atom stereocenters. The predicted octanol–water partition coefficient (Wildman–Crippen LogP) is 4.26. The topological polar surface area (TPSA) is 110 Å². The number of hydrogen-bond acceptors (Lipinski definition) is 6. The molecule has 0 unspecified atom stereocenters. The minimum absolute atomic E-state index is 0.0784. The maximum atomic E-state index is 12.5. The van der Waals surface area contributed by atoms with Crippen molar-refractivity contribution in [3.8, 4) is 0 Å². The zero-order chi connectivity index (χ0) is 25.7. The Balaban J connectivity index is 1.30. The molecule has 0 spiro atoms. The van der Waals surface area contributed by atoms with E-state index in [4.69, 9.17) is 4.74 Å². The molecule has 1 heterocycles. The highest BCUT2D eigenvalue weighted by Gasteiger charge is 2.34. The van der Waals surface area contributed by atoms with Crippen LogP contribution < -0.4 is 5.32 Å². The second-order valence-electron chi connectivity index (χ2n) is 8.31. The lowest BCUT2D eigenvalue weighted by molar-refractivity contribution is -0.116. The van der Waals surface area contributed by atoms with Crippen molar-refractivity contribution in [1.29, 1.82) is 0 Å². The van der Waals surface area contributed by atoms with E-state index in [1.807, 2.05) is 6.92 Å². The number of amides is 3. The van der Waals surface area contributed by atoms with Crippen LogP contribution in [-0.4, -0.2) is 41.0 Å². The maximum Gasteiger partial charge on any atom is 0.338 e. The number of imide groups is 1. The van der Waals surface area contributed by atoms with E-state index in [0.29, 0.717) is 34.4 Å². The van der Waals surface area contributed by atoms with E-state index in [1.54, 1.807) is 60.7 Å². The first kappa shape index (κ1) is 24.5. The predicted molar refractivity (Wildman–Crippen MR) is 132 cm³/mol. The molecule has 1 aliphatic rings. The number of esters is 1. The summed E-state index contributed by atoms with van der Waals surface area (Å²) in [5, 5.41) is 2.74. The van der Waals surface area contributed by atoms with Crippen LogP contribution in [-0.2, 0) is 16.1 Å². The molecule has 1 N–H and O–H groups in total. The zero-order valence-corrected chi connectivity index (χ0v) is 19.7. The molecule has 0 saturated heterocycles. The van der Waals surface area contributed by atoms with Crippen molar-refractivity contribution in [2.24, 2.45) is 0 Å². The molecule has 0 saturated carbocycles. The van der Waals surface area contributed by atoms with Crippen molar-refractivity contribution in [2.45, 2.75) is 26.3 Å². The number of nitrogens with one attached hydrogen (secondary N) is 1. The molecule has 0 radical (unpaired) electrons. The number of carbonyl (C=O) groups is 5. The largest absolute Gasteiger partial charge is 0.454 e. The van der Waals surface area contributed by atoms with E-state index in [2.05, 4.69) is 5.32 Å². The fourth-order valence-electron chi connectivity index (χ4n) is 3.80. The number of ether oxygens (including phenoxy) is 1. The summed E-state index contributed by atoms with van der Waals surface area (Å²) in [6.45, 7) is 1.56. The Morgan fingerprint density at radius 3 is 1.97 bits per heavy atom. The fraction of sp³-hybridized carbons (Fsp3) is 0.179. The summed E-state index contributed by atoms with van der Waals surface area (Å²) < 4.78 is 5.14. The molecule has 3 amide bonds. The Bertz CT molecular complexity index is 1290. The second-order valence-corrected chi connectivity index (χ2v) is 8.31. The number of fused-ring (bicyclic) bond motifs is 1. The van der Waals surface area contributed by atoms with E-state index in [9.17, 15) is 24.0 Å². The number of benzene rings is 3. The molecule has 3 aromatic rings. The average Bonchev–Trinajstić information content (AvgIpc) is 3.13. The second kappa shape index (κ2) is 10.8. The lowest BCUT2D eigenvalue weighted by Crippen LogP contribution is -2.29. The Hall–Kier alpha value is -4.59. The quantitative estimate of drug-likeness (QED) is 0.276. The molecule has 0 bridgehead atoms. The summed E-state index contributed by atoms with van der Waals surface area (Å²) >= 11 is 0. The van der Waals surface area contributed by atoms with Crippen molar-refractivity contribution < 1.29 is 28.7 Å². The molecule has 36 heavy (non-hydrogen) atoms. The molecule has 1 aliphatic heterocycles. The van der Waals surface area contributed by atoms with Gasteiger partial charge in [-0.3, -0.25) is 24.1 Å². The van der Waals surface area contributed by atoms with Gasteiger partial charge in [0.1, 0.15) is 0 Å². The summed E-state index contributed by atoms with van der Waals surface area (Å²) in [7, 11) is 0. The number of hydrogen-bond donors (Lipinski definition) is 1. The number of nitrogens with zero attached hydrogens (tertiary/aromatic N) is 1. The van der Waals surface area contributed by atoms with Crippen molar-refractivity contribution >= 4 is 35.2 Å². The molecular weight excluding hydrogens is 460 g/mol. The Labute approximate surface area is 207 Å². The molecule has 8 heteroatoms. The van der Waals surface area contributed by atoms with Gasteiger partial charge < -0.3 is 10.1 Å². The van der Waals surface area contributed by atoms with Crippen LogP contribution >= 0.6 is 0 Å². The highest BCUT2D eigenvalue weighted by molar-refractivity contribution is 6.21. The van der Waals surface area contributed by atoms with Crippen LogP contribution in [0.25, 0.3) is 0 Å². The normalized spacial score (nSPS) is 12.3. The fourth-order valence-corrected chi connectivity index (χ4v) is 3.80. The zero-order valence-electron chi connectivity index (χ0n) is 19.7. The van der Waals surface area contributed by atoms with E-state index in [0.717, 1.165) is 11.3 Å². The number of anilines is 1. The lowest BCUT2D eigenvalue weighted by atomic mass is 10.1. The first-order valence-electron chi connectivity index (χ1n) is 11.5. The summed E-state index contributed by atoms with van der Waals surface area (Å²) in [4.78, 5) is 62.6. The van der Waals surface area contributed by atoms with Gasteiger partial charge in [-0.2, -0.15) is 0 Å². The molecular formula is C28H24N2O6. The molecule has 3 aromatic carbocycles. The van der Waals surface area contributed by atoms with Crippen molar-refractivity contribution in [3.05, 3.63) is 101 Å². The molecule has 4 rings (SSSR count). The Kier molecular flexibility index (Phi) is 7.34. The van der Waals surface area contributed by atoms with Gasteiger partial charge in [0.2, 0.25) is 5.91 Å². The number of Topliss-reactive ketones (excluding diaryl/α,β-unsaturated/α-hetero) is 1. The highest BCUT2D eigenvalue weighted by Crippen LogP contribution is 2.24. The van der Waals surface area contributed by atoms with Gasteiger partial charge in [0.25, 0.3) is 11.8 Å². The van der Waals surface area contributed by atoms with Gasteiger partial charge in [-0.1, -0.05) is 31.2 Å². The number of ketones is 1. The summed E-state index contributed by atoms with van der Waals surface area (Å²) in [6, 6.07) is 19.3. The molecule has 0 fully saturated rings. The third kappa shape index (κ3) is 5.38. The van der Waals surface area contributed by atoms with Crippen LogP contribution in [0.1, 0.15) is 66.8 Å².